The zero-order valence-electron chi connectivity index (χ0n) is 11.9. The molecule has 0 aliphatic rings. The van der Waals surface area contributed by atoms with Crippen molar-refractivity contribution in [3.8, 4) is 0 Å². The van der Waals surface area contributed by atoms with Crippen LogP contribution in [0.2, 0.25) is 0 Å². The van der Waals surface area contributed by atoms with Crippen LogP contribution in [0.25, 0.3) is 0 Å². The van der Waals surface area contributed by atoms with Crippen molar-refractivity contribution >= 4 is 33.2 Å². The van der Waals surface area contributed by atoms with E-state index in [4.69, 9.17) is 5.73 Å². The third-order valence-electron chi connectivity index (χ3n) is 3.11. The summed E-state index contributed by atoms with van der Waals surface area (Å²) in [5.74, 6) is 0.0893. The Labute approximate surface area is 127 Å². The molecule has 4 nitrogen and oxygen atoms in total. The van der Waals surface area contributed by atoms with Crippen LogP contribution in [0.15, 0.2) is 15.9 Å². The van der Waals surface area contributed by atoms with E-state index in [2.05, 4.69) is 28.9 Å². The molecule has 2 unspecified atom stereocenters. The van der Waals surface area contributed by atoms with E-state index in [1.165, 1.54) is 4.88 Å². The maximum absolute atomic E-state index is 11.8. The summed E-state index contributed by atoms with van der Waals surface area (Å²) < 4.78 is 1.06. The van der Waals surface area contributed by atoms with Crippen molar-refractivity contribution in [2.24, 2.45) is 5.73 Å². The molecule has 0 radical (unpaired) electrons. The Morgan fingerprint density at radius 3 is 2.53 bits per heavy atom. The number of nitrogens with two attached hydrogens (primary N) is 1. The lowest BCUT2D eigenvalue weighted by atomic mass is 10.0. The normalized spacial score (nSPS) is 14.5. The van der Waals surface area contributed by atoms with E-state index in [-0.39, 0.29) is 18.0 Å². The van der Waals surface area contributed by atoms with Crippen LogP contribution < -0.4 is 5.73 Å². The molecule has 0 saturated heterocycles. The van der Waals surface area contributed by atoms with Crippen LogP contribution in [-0.4, -0.2) is 49.4 Å². The summed E-state index contributed by atoms with van der Waals surface area (Å²) in [4.78, 5) is 16.7. The average Bonchev–Trinajstić information content (AvgIpc) is 2.75. The number of carbonyl (C=O) groups excluding carboxylic acids is 1. The zero-order chi connectivity index (χ0) is 14.6. The van der Waals surface area contributed by atoms with Gasteiger partial charge in [-0.1, -0.05) is 6.92 Å². The first-order valence-corrected chi connectivity index (χ1v) is 7.94. The van der Waals surface area contributed by atoms with E-state index in [9.17, 15) is 4.79 Å². The number of nitrogens with zero attached hydrogens (tertiary/aromatic N) is 2. The molecule has 1 aromatic heterocycles. The van der Waals surface area contributed by atoms with Gasteiger partial charge in [0.15, 0.2) is 0 Å². The van der Waals surface area contributed by atoms with Gasteiger partial charge in [0, 0.05) is 34.9 Å². The molecule has 0 aliphatic heterocycles. The highest BCUT2D eigenvalue weighted by Gasteiger charge is 2.26. The fourth-order valence-electron chi connectivity index (χ4n) is 1.91. The quantitative estimate of drug-likeness (QED) is 0.858. The fourth-order valence-corrected chi connectivity index (χ4v) is 3.60. The summed E-state index contributed by atoms with van der Waals surface area (Å²) in [5.41, 5.74) is 6.24. The first-order chi connectivity index (χ1) is 8.86. The second-order valence-electron chi connectivity index (χ2n) is 4.89. The number of amides is 1. The minimum absolute atomic E-state index is 0.0190. The summed E-state index contributed by atoms with van der Waals surface area (Å²) in [6, 6.07) is 2.18. The SMILES string of the molecule is CCC(N)C(c1cc(Br)cs1)N(C)CC(=O)N(C)C. The Hall–Kier alpha value is -0.430. The van der Waals surface area contributed by atoms with Gasteiger partial charge < -0.3 is 10.6 Å². The van der Waals surface area contributed by atoms with Gasteiger partial charge in [0.05, 0.1) is 12.6 Å². The monoisotopic (exact) mass is 347 g/mol. The lowest BCUT2D eigenvalue weighted by Crippen LogP contribution is -2.43. The van der Waals surface area contributed by atoms with Crippen LogP contribution in [0, 0.1) is 0 Å². The summed E-state index contributed by atoms with van der Waals surface area (Å²) in [7, 11) is 5.49. The molecule has 1 amide bonds. The molecular weight excluding hydrogens is 326 g/mol. The maximum Gasteiger partial charge on any atom is 0.236 e. The third-order valence-corrected chi connectivity index (χ3v) is 4.88. The summed E-state index contributed by atoms with van der Waals surface area (Å²) in [6.45, 7) is 2.45. The number of carbonyl (C=O) groups is 1. The highest BCUT2D eigenvalue weighted by Crippen LogP contribution is 2.31. The minimum Gasteiger partial charge on any atom is -0.348 e. The maximum atomic E-state index is 11.8. The first-order valence-electron chi connectivity index (χ1n) is 6.26. The summed E-state index contributed by atoms with van der Waals surface area (Å²) >= 11 is 5.14. The number of rotatable bonds is 6. The second-order valence-corrected chi connectivity index (χ2v) is 6.75. The number of likely N-dealkylation sites (N-methyl/N-ethyl adjacent to an activating group) is 2. The van der Waals surface area contributed by atoms with Gasteiger partial charge in [-0.05, 0) is 35.5 Å². The number of thiophene rings is 1. The smallest absolute Gasteiger partial charge is 0.236 e. The lowest BCUT2D eigenvalue weighted by Gasteiger charge is -2.31. The van der Waals surface area contributed by atoms with Crippen LogP contribution in [0.5, 0.6) is 0 Å². The van der Waals surface area contributed by atoms with Crippen LogP contribution in [-0.2, 0) is 4.79 Å². The van der Waals surface area contributed by atoms with E-state index in [1.54, 1.807) is 30.3 Å². The van der Waals surface area contributed by atoms with Gasteiger partial charge in [0.25, 0.3) is 0 Å². The Morgan fingerprint density at radius 1 is 1.47 bits per heavy atom. The van der Waals surface area contributed by atoms with Gasteiger partial charge in [-0.15, -0.1) is 11.3 Å². The molecule has 0 bridgehead atoms. The Morgan fingerprint density at radius 2 is 2.11 bits per heavy atom. The predicted molar refractivity (Wildman–Crippen MR) is 84.4 cm³/mol. The van der Waals surface area contributed by atoms with Crippen molar-refractivity contribution in [3.05, 3.63) is 20.8 Å². The number of halogens is 1. The molecule has 2 atom stereocenters. The van der Waals surface area contributed by atoms with Crippen LogP contribution >= 0.6 is 27.3 Å². The molecular formula is C13H22BrN3OS. The number of hydrogen-bond donors (Lipinski definition) is 1. The Kier molecular flexibility index (Phi) is 6.46. The Bertz CT molecular complexity index is 422. The third kappa shape index (κ3) is 4.56. The molecule has 2 N–H and O–H groups in total. The zero-order valence-corrected chi connectivity index (χ0v) is 14.3. The topological polar surface area (TPSA) is 49.6 Å². The summed E-state index contributed by atoms with van der Waals surface area (Å²) in [5, 5.41) is 2.05. The van der Waals surface area contributed by atoms with Crippen LogP contribution in [0.3, 0.4) is 0 Å². The van der Waals surface area contributed by atoms with E-state index < -0.39 is 0 Å². The summed E-state index contributed by atoms with van der Waals surface area (Å²) in [6.07, 6.45) is 0.876. The van der Waals surface area contributed by atoms with E-state index in [0.29, 0.717) is 6.54 Å². The van der Waals surface area contributed by atoms with Gasteiger partial charge in [-0.3, -0.25) is 9.69 Å². The van der Waals surface area contributed by atoms with E-state index >= 15 is 0 Å². The number of hydrogen-bond acceptors (Lipinski definition) is 4. The van der Waals surface area contributed by atoms with Crippen molar-refractivity contribution in [3.63, 3.8) is 0 Å². The second kappa shape index (κ2) is 7.38. The van der Waals surface area contributed by atoms with Crippen LogP contribution in [0.4, 0.5) is 0 Å². The van der Waals surface area contributed by atoms with Gasteiger partial charge >= 0.3 is 0 Å². The van der Waals surface area contributed by atoms with Crippen molar-refractivity contribution in [1.82, 2.24) is 9.80 Å². The molecule has 6 heteroatoms. The highest BCUT2D eigenvalue weighted by atomic mass is 79.9. The average molecular weight is 348 g/mol. The van der Waals surface area contributed by atoms with Crippen LogP contribution in [0.1, 0.15) is 24.3 Å². The molecule has 1 rings (SSSR count). The molecule has 0 spiro atoms. The van der Waals surface area contributed by atoms with Gasteiger partial charge in [-0.2, -0.15) is 0 Å². The molecule has 1 aromatic rings. The molecule has 0 saturated carbocycles. The first kappa shape index (κ1) is 16.6. The highest BCUT2D eigenvalue weighted by molar-refractivity contribution is 9.10. The van der Waals surface area contributed by atoms with Gasteiger partial charge in [0.2, 0.25) is 5.91 Å². The molecule has 0 fully saturated rings. The largest absolute Gasteiger partial charge is 0.348 e. The van der Waals surface area contributed by atoms with Crippen molar-refractivity contribution in [2.45, 2.75) is 25.4 Å². The Balaban J connectivity index is 2.88. The van der Waals surface area contributed by atoms with Gasteiger partial charge in [0.1, 0.15) is 0 Å². The molecule has 0 aliphatic carbocycles. The molecule has 0 aromatic carbocycles. The lowest BCUT2D eigenvalue weighted by molar-refractivity contribution is -0.130. The van der Waals surface area contributed by atoms with E-state index in [0.717, 1.165) is 10.9 Å². The van der Waals surface area contributed by atoms with Crippen molar-refractivity contribution in [1.29, 1.82) is 0 Å². The standard InChI is InChI=1S/C13H22BrN3OS/c1-5-10(15)13(11-6-9(14)8-19-11)17(4)7-12(18)16(2)3/h6,8,10,13H,5,7,15H2,1-4H3. The minimum atomic E-state index is 0.0190. The fraction of sp³-hybridized carbons (Fsp3) is 0.615. The van der Waals surface area contributed by atoms with Crippen molar-refractivity contribution in [2.75, 3.05) is 27.7 Å². The molecule has 1 heterocycles. The van der Waals surface area contributed by atoms with Gasteiger partial charge in [-0.25, -0.2) is 0 Å². The van der Waals surface area contributed by atoms with Crippen molar-refractivity contribution < 1.29 is 4.79 Å². The van der Waals surface area contributed by atoms with E-state index in [1.807, 2.05) is 17.3 Å². The molecule has 19 heavy (non-hydrogen) atoms. The molecule has 108 valence electrons. The predicted octanol–water partition coefficient (Wildman–Crippen LogP) is 2.31.